The molecule has 0 spiro atoms. The standard InChI is InChI=1S/C11H16BrClN2/c1-2-9(3-5-13)7-15-11-4-6-14-8-10(11)12/h4,6,8-9H,2-3,5,7H2,1H3,(H,14,15). The van der Waals surface area contributed by atoms with E-state index in [2.05, 4.69) is 33.2 Å². The van der Waals surface area contributed by atoms with Gasteiger partial charge in [-0.3, -0.25) is 4.98 Å². The van der Waals surface area contributed by atoms with Crippen LogP contribution in [0.1, 0.15) is 19.8 Å². The molecule has 0 saturated carbocycles. The van der Waals surface area contributed by atoms with E-state index in [0.717, 1.165) is 35.4 Å². The van der Waals surface area contributed by atoms with Crippen molar-refractivity contribution in [3.05, 3.63) is 22.9 Å². The maximum absolute atomic E-state index is 5.74. The van der Waals surface area contributed by atoms with E-state index in [-0.39, 0.29) is 0 Å². The summed E-state index contributed by atoms with van der Waals surface area (Å²) >= 11 is 9.20. The van der Waals surface area contributed by atoms with E-state index in [9.17, 15) is 0 Å². The first kappa shape index (κ1) is 12.8. The fourth-order valence-electron chi connectivity index (χ4n) is 1.38. The van der Waals surface area contributed by atoms with Gasteiger partial charge in [0.2, 0.25) is 0 Å². The number of hydrogen-bond donors (Lipinski definition) is 1. The monoisotopic (exact) mass is 290 g/mol. The molecular formula is C11H16BrClN2. The van der Waals surface area contributed by atoms with E-state index in [1.807, 2.05) is 6.07 Å². The van der Waals surface area contributed by atoms with E-state index < -0.39 is 0 Å². The van der Waals surface area contributed by atoms with Gasteiger partial charge in [-0.1, -0.05) is 13.3 Å². The summed E-state index contributed by atoms with van der Waals surface area (Å²) in [5.74, 6) is 1.38. The van der Waals surface area contributed by atoms with Gasteiger partial charge in [0.25, 0.3) is 0 Å². The van der Waals surface area contributed by atoms with Crippen LogP contribution in [0.15, 0.2) is 22.9 Å². The topological polar surface area (TPSA) is 24.9 Å². The lowest BCUT2D eigenvalue weighted by molar-refractivity contribution is 0.522. The summed E-state index contributed by atoms with van der Waals surface area (Å²) in [6.07, 6.45) is 5.80. The van der Waals surface area contributed by atoms with Crippen LogP contribution in [0.5, 0.6) is 0 Å². The molecule has 1 aromatic heterocycles. The Morgan fingerprint density at radius 3 is 3.00 bits per heavy atom. The van der Waals surface area contributed by atoms with Crippen molar-refractivity contribution in [3.8, 4) is 0 Å². The Labute approximate surface area is 105 Å². The van der Waals surface area contributed by atoms with Crippen molar-refractivity contribution in [1.82, 2.24) is 4.98 Å². The molecule has 1 heterocycles. The number of aromatic nitrogens is 1. The highest BCUT2D eigenvalue weighted by Crippen LogP contribution is 2.21. The number of rotatable bonds is 6. The van der Waals surface area contributed by atoms with Crippen LogP contribution in [-0.2, 0) is 0 Å². The predicted molar refractivity (Wildman–Crippen MR) is 69.5 cm³/mol. The highest BCUT2D eigenvalue weighted by Gasteiger charge is 2.06. The van der Waals surface area contributed by atoms with Gasteiger partial charge >= 0.3 is 0 Å². The van der Waals surface area contributed by atoms with Crippen LogP contribution in [0.2, 0.25) is 0 Å². The Bertz CT molecular complexity index is 294. The molecule has 1 N–H and O–H groups in total. The van der Waals surface area contributed by atoms with Crippen molar-refractivity contribution in [3.63, 3.8) is 0 Å². The minimum atomic E-state index is 0.641. The van der Waals surface area contributed by atoms with Crippen molar-refractivity contribution < 1.29 is 0 Å². The molecule has 4 heteroatoms. The Hall–Kier alpha value is -0.280. The predicted octanol–water partition coefficient (Wildman–Crippen LogP) is 3.91. The molecule has 0 aliphatic heterocycles. The third kappa shape index (κ3) is 4.39. The van der Waals surface area contributed by atoms with E-state index >= 15 is 0 Å². The molecule has 84 valence electrons. The third-order valence-electron chi connectivity index (χ3n) is 2.45. The SMILES string of the molecule is CCC(CCCl)CNc1ccncc1Br. The first-order valence-electron chi connectivity index (χ1n) is 5.17. The number of pyridine rings is 1. The largest absolute Gasteiger partial charge is 0.384 e. The zero-order valence-electron chi connectivity index (χ0n) is 8.84. The molecule has 0 radical (unpaired) electrons. The maximum Gasteiger partial charge on any atom is 0.0590 e. The third-order valence-corrected chi connectivity index (χ3v) is 3.30. The number of nitrogens with one attached hydrogen (secondary N) is 1. The zero-order chi connectivity index (χ0) is 11.1. The van der Waals surface area contributed by atoms with Crippen LogP contribution in [-0.4, -0.2) is 17.4 Å². The highest BCUT2D eigenvalue weighted by molar-refractivity contribution is 9.10. The van der Waals surface area contributed by atoms with Crippen molar-refractivity contribution >= 4 is 33.2 Å². The average molecular weight is 292 g/mol. The minimum absolute atomic E-state index is 0.641. The van der Waals surface area contributed by atoms with Gasteiger partial charge in [-0.15, -0.1) is 11.6 Å². The van der Waals surface area contributed by atoms with Crippen LogP contribution < -0.4 is 5.32 Å². The van der Waals surface area contributed by atoms with Crippen LogP contribution in [0, 0.1) is 5.92 Å². The lowest BCUT2D eigenvalue weighted by Gasteiger charge is -2.15. The number of halogens is 2. The number of alkyl halides is 1. The van der Waals surface area contributed by atoms with Gasteiger partial charge in [0.1, 0.15) is 0 Å². The van der Waals surface area contributed by atoms with Gasteiger partial charge in [0.05, 0.1) is 10.2 Å². The van der Waals surface area contributed by atoms with Crippen molar-refractivity contribution in [2.24, 2.45) is 5.92 Å². The van der Waals surface area contributed by atoms with Gasteiger partial charge in [-0.2, -0.15) is 0 Å². The fraction of sp³-hybridized carbons (Fsp3) is 0.545. The lowest BCUT2D eigenvalue weighted by atomic mass is 10.0. The summed E-state index contributed by atoms with van der Waals surface area (Å²) in [4.78, 5) is 4.02. The number of nitrogens with zero attached hydrogens (tertiary/aromatic N) is 1. The van der Waals surface area contributed by atoms with E-state index in [1.54, 1.807) is 12.4 Å². The lowest BCUT2D eigenvalue weighted by Crippen LogP contribution is -2.14. The molecule has 1 unspecified atom stereocenters. The smallest absolute Gasteiger partial charge is 0.0590 e. The number of hydrogen-bond acceptors (Lipinski definition) is 2. The van der Waals surface area contributed by atoms with Crippen molar-refractivity contribution in [2.75, 3.05) is 17.7 Å². The van der Waals surface area contributed by atoms with Crippen molar-refractivity contribution in [1.29, 1.82) is 0 Å². The van der Waals surface area contributed by atoms with E-state index in [4.69, 9.17) is 11.6 Å². The summed E-state index contributed by atoms with van der Waals surface area (Å²) in [6, 6.07) is 1.97. The van der Waals surface area contributed by atoms with Crippen LogP contribution in [0.4, 0.5) is 5.69 Å². The molecular weight excluding hydrogens is 275 g/mol. The summed E-state index contributed by atoms with van der Waals surface area (Å²) in [5.41, 5.74) is 1.10. The Morgan fingerprint density at radius 1 is 1.60 bits per heavy atom. The van der Waals surface area contributed by atoms with Gasteiger partial charge in [0.15, 0.2) is 0 Å². The molecule has 15 heavy (non-hydrogen) atoms. The Morgan fingerprint density at radius 2 is 2.40 bits per heavy atom. The molecule has 1 aromatic rings. The quantitative estimate of drug-likeness (QED) is 0.804. The molecule has 0 aromatic carbocycles. The van der Waals surface area contributed by atoms with Crippen LogP contribution in [0.25, 0.3) is 0 Å². The molecule has 0 amide bonds. The van der Waals surface area contributed by atoms with E-state index in [1.165, 1.54) is 0 Å². The van der Waals surface area contributed by atoms with E-state index in [0.29, 0.717) is 5.92 Å². The molecule has 1 rings (SSSR count). The Balaban J connectivity index is 2.45. The minimum Gasteiger partial charge on any atom is -0.384 e. The van der Waals surface area contributed by atoms with Gasteiger partial charge in [-0.05, 0) is 34.3 Å². The van der Waals surface area contributed by atoms with Crippen molar-refractivity contribution in [2.45, 2.75) is 19.8 Å². The first-order valence-corrected chi connectivity index (χ1v) is 6.50. The summed E-state index contributed by atoms with van der Waals surface area (Å²) in [6.45, 7) is 3.16. The zero-order valence-corrected chi connectivity index (χ0v) is 11.2. The number of anilines is 1. The molecule has 1 atom stereocenters. The molecule has 0 aliphatic rings. The summed E-state index contributed by atoms with van der Waals surface area (Å²) in [7, 11) is 0. The summed E-state index contributed by atoms with van der Waals surface area (Å²) in [5, 5.41) is 3.40. The first-order chi connectivity index (χ1) is 7.27. The summed E-state index contributed by atoms with van der Waals surface area (Å²) < 4.78 is 1.01. The maximum atomic E-state index is 5.74. The molecule has 0 aliphatic carbocycles. The second-order valence-corrected chi connectivity index (χ2v) is 4.72. The average Bonchev–Trinajstić information content (AvgIpc) is 2.26. The molecule has 0 bridgehead atoms. The molecule has 0 fully saturated rings. The van der Waals surface area contributed by atoms with Crippen LogP contribution in [0.3, 0.4) is 0 Å². The normalized spacial score (nSPS) is 12.5. The fourth-order valence-corrected chi connectivity index (χ4v) is 2.08. The molecule has 2 nitrogen and oxygen atoms in total. The van der Waals surface area contributed by atoms with Gasteiger partial charge < -0.3 is 5.32 Å². The van der Waals surface area contributed by atoms with Gasteiger partial charge in [-0.25, -0.2) is 0 Å². The van der Waals surface area contributed by atoms with Crippen LogP contribution >= 0.6 is 27.5 Å². The second-order valence-electron chi connectivity index (χ2n) is 3.49. The Kier molecular flexibility index (Phi) is 6.03. The molecule has 0 saturated heterocycles. The second kappa shape index (κ2) is 7.07. The van der Waals surface area contributed by atoms with Gasteiger partial charge in [0, 0.05) is 24.8 Å². The highest BCUT2D eigenvalue weighted by atomic mass is 79.9.